The number of ether oxygens (including phenoxy) is 2. The SMILES string of the molecule is COC1(COP(=O)([O-])OP(=O)([O-])OP(=O)([O-])[O-])OC(C)CC1O. The predicted molar refractivity (Wildman–Crippen MR) is 61.9 cm³/mol. The molecule has 0 amide bonds. The largest absolute Gasteiger partial charge is 0.790 e. The van der Waals surface area contributed by atoms with E-state index in [0.717, 1.165) is 7.11 Å². The summed E-state index contributed by atoms with van der Waals surface area (Å²) in [5, 5.41) is 9.77. The highest BCUT2D eigenvalue weighted by atomic mass is 31.3. The van der Waals surface area contributed by atoms with Gasteiger partial charge in [-0.25, -0.2) is 4.31 Å². The van der Waals surface area contributed by atoms with Crippen LogP contribution in [0.4, 0.5) is 0 Å². The first-order valence-corrected chi connectivity index (χ1v) is 10.2. The summed E-state index contributed by atoms with van der Waals surface area (Å²) < 4.78 is 53.1. The van der Waals surface area contributed by atoms with E-state index in [2.05, 4.69) is 13.1 Å². The van der Waals surface area contributed by atoms with Crippen molar-refractivity contribution in [1.82, 2.24) is 0 Å². The van der Waals surface area contributed by atoms with Crippen LogP contribution in [-0.2, 0) is 36.3 Å². The summed E-state index contributed by atoms with van der Waals surface area (Å²) in [6.07, 6.45) is -1.72. The number of aliphatic hydroxyl groups is 1. The Morgan fingerprint density at radius 1 is 1.17 bits per heavy atom. The molecule has 1 heterocycles. The number of aliphatic hydroxyl groups excluding tert-OH is 1. The zero-order valence-corrected chi connectivity index (χ0v) is 14.4. The lowest BCUT2D eigenvalue weighted by molar-refractivity contribution is -0.339. The molecule has 13 nitrogen and oxygen atoms in total. The second-order valence-corrected chi connectivity index (χ2v) is 8.72. The van der Waals surface area contributed by atoms with E-state index >= 15 is 0 Å². The lowest BCUT2D eigenvalue weighted by atomic mass is 10.1. The van der Waals surface area contributed by atoms with Crippen LogP contribution in [0.5, 0.6) is 0 Å². The number of phosphoric acid groups is 3. The smallest absolute Gasteiger partial charge is 0.278 e. The molecule has 0 bridgehead atoms. The quantitative estimate of drug-likeness (QED) is 0.413. The van der Waals surface area contributed by atoms with Crippen LogP contribution in [0.25, 0.3) is 0 Å². The molecule has 1 aliphatic heterocycles. The van der Waals surface area contributed by atoms with Gasteiger partial charge in [-0.2, -0.15) is 0 Å². The normalized spacial score (nSPS) is 34.0. The van der Waals surface area contributed by atoms with Crippen LogP contribution >= 0.6 is 23.5 Å². The Kier molecular flexibility index (Phi) is 6.74. The monoisotopic (exact) mass is 398 g/mol. The van der Waals surface area contributed by atoms with Crippen LogP contribution in [0.3, 0.4) is 0 Å². The Morgan fingerprint density at radius 3 is 2.13 bits per heavy atom. The van der Waals surface area contributed by atoms with Crippen molar-refractivity contribution < 1.29 is 61.0 Å². The average Bonchev–Trinajstić information content (AvgIpc) is 2.57. The molecule has 0 radical (unpaired) electrons. The van der Waals surface area contributed by atoms with Crippen molar-refractivity contribution in [2.75, 3.05) is 13.7 Å². The van der Waals surface area contributed by atoms with Crippen molar-refractivity contribution in [3.05, 3.63) is 0 Å². The minimum Gasteiger partial charge on any atom is -0.790 e. The van der Waals surface area contributed by atoms with Crippen molar-refractivity contribution in [2.45, 2.75) is 31.3 Å². The number of hydrogen-bond donors (Lipinski definition) is 1. The second-order valence-electron chi connectivity index (χ2n) is 4.47. The van der Waals surface area contributed by atoms with E-state index in [4.69, 9.17) is 9.47 Å². The molecule has 138 valence electrons. The van der Waals surface area contributed by atoms with Gasteiger partial charge in [-0.3, -0.25) is 13.4 Å². The first kappa shape index (κ1) is 21.3. The Hall–Kier alpha value is 0.290. The third-order valence-electron chi connectivity index (χ3n) is 2.63. The van der Waals surface area contributed by atoms with Crippen LogP contribution < -0.4 is 19.6 Å². The average molecular weight is 398 g/mol. The van der Waals surface area contributed by atoms with Crippen LogP contribution in [0.15, 0.2) is 0 Å². The van der Waals surface area contributed by atoms with Crippen molar-refractivity contribution in [1.29, 1.82) is 0 Å². The molecule has 0 aromatic rings. The van der Waals surface area contributed by atoms with Crippen LogP contribution in [0, 0.1) is 0 Å². The third kappa shape index (κ3) is 6.60. The summed E-state index contributed by atoms with van der Waals surface area (Å²) in [5.41, 5.74) is 0. The zero-order valence-electron chi connectivity index (χ0n) is 11.8. The Morgan fingerprint density at radius 2 is 1.74 bits per heavy atom. The van der Waals surface area contributed by atoms with Gasteiger partial charge in [0.05, 0.1) is 13.9 Å². The van der Waals surface area contributed by atoms with Gasteiger partial charge < -0.3 is 43.2 Å². The molecular weight excluding hydrogens is 385 g/mol. The second kappa shape index (κ2) is 7.27. The fraction of sp³-hybridized carbons (Fsp3) is 1.00. The topological polar surface area (TPSA) is 210 Å². The van der Waals surface area contributed by atoms with E-state index < -0.39 is 48.1 Å². The summed E-state index contributed by atoms with van der Waals surface area (Å²) in [7, 11) is -16.7. The number of hydrogen-bond acceptors (Lipinski definition) is 13. The molecule has 5 unspecified atom stereocenters. The molecule has 1 saturated heterocycles. The number of methoxy groups -OCH3 is 1. The molecule has 0 aromatic carbocycles. The van der Waals surface area contributed by atoms with Gasteiger partial charge in [0.2, 0.25) is 5.79 Å². The highest BCUT2D eigenvalue weighted by Gasteiger charge is 2.48. The third-order valence-corrected chi connectivity index (χ3v) is 6.28. The van der Waals surface area contributed by atoms with Crippen LogP contribution in [0.1, 0.15) is 13.3 Å². The van der Waals surface area contributed by atoms with E-state index in [1.54, 1.807) is 6.92 Å². The highest BCUT2D eigenvalue weighted by Crippen LogP contribution is 2.60. The molecule has 1 N–H and O–H groups in total. The molecule has 1 fully saturated rings. The van der Waals surface area contributed by atoms with E-state index in [0.29, 0.717) is 0 Å². The summed E-state index contributed by atoms with van der Waals surface area (Å²) in [4.78, 5) is 42.7. The number of phosphoric ester groups is 1. The summed E-state index contributed by atoms with van der Waals surface area (Å²) in [5.74, 6) is -1.90. The van der Waals surface area contributed by atoms with Crippen molar-refractivity contribution >= 4 is 23.5 Å². The molecule has 1 rings (SSSR count). The van der Waals surface area contributed by atoms with Gasteiger partial charge in [-0.1, -0.05) is 0 Å². The molecule has 16 heteroatoms. The molecule has 0 aliphatic carbocycles. The van der Waals surface area contributed by atoms with Crippen molar-refractivity contribution in [2.24, 2.45) is 0 Å². The predicted octanol–water partition coefficient (Wildman–Crippen LogP) is -2.69. The van der Waals surface area contributed by atoms with Crippen molar-refractivity contribution in [3.8, 4) is 0 Å². The van der Waals surface area contributed by atoms with Crippen LogP contribution in [-0.4, -0.2) is 36.8 Å². The maximum Gasteiger partial charge on any atom is 0.278 e. The van der Waals surface area contributed by atoms with Gasteiger partial charge in [0, 0.05) is 13.5 Å². The maximum absolute atomic E-state index is 11.4. The fourth-order valence-corrected chi connectivity index (χ4v) is 4.66. The van der Waals surface area contributed by atoms with E-state index in [-0.39, 0.29) is 6.42 Å². The standard InChI is InChI=1S/C7H17O13P3/c1-5-3-6(8)7(16-2,18-5)4-17-22(12,13)20-23(14,15)19-21(9,10)11/h5-6,8H,3-4H2,1-2H3,(H,12,13)(H,14,15)(H2,9,10,11)/p-4. The molecule has 0 saturated carbocycles. The summed E-state index contributed by atoms with van der Waals surface area (Å²) >= 11 is 0. The molecule has 0 aromatic heterocycles. The Labute approximate surface area is 130 Å². The Balaban J connectivity index is 2.74. The maximum atomic E-state index is 11.4. The first-order chi connectivity index (χ1) is 10.2. The highest BCUT2D eigenvalue weighted by molar-refractivity contribution is 7.64. The van der Waals surface area contributed by atoms with E-state index in [1.165, 1.54) is 0 Å². The minimum absolute atomic E-state index is 0.0833. The van der Waals surface area contributed by atoms with Gasteiger partial charge in [-0.15, -0.1) is 0 Å². The minimum atomic E-state index is -6.06. The zero-order chi connectivity index (χ0) is 18.1. The van der Waals surface area contributed by atoms with E-state index in [9.17, 15) is 38.4 Å². The molecule has 1 aliphatic rings. The molecule has 5 atom stereocenters. The first-order valence-electron chi connectivity index (χ1n) is 5.83. The number of rotatable bonds is 8. The molecular formula is C7H13O13P3-4. The van der Waals surface area contributed by atoms with E-state index in [1.807, 2.05) is 0 Å². The van der Waals surface area contributed by atoms with Gasteiger partial charge in [-0.05, 0) is 6.92 Å². The summed E-state index contributed by atoms with van der Waals surface area (Å²) in [6, 6.07) is 0. The fourth-order valence-electron chi connectivity index (χ4n) is 1.79. The lowest BCUT2D eigenvalue weighted by Gasteiger charge is -2.38. The molecule has 23 heavy (non-hydrogen) atoms. The lowest BCUT2D eigenvalue weighted by Crippen LogP contribution is -2.46. The molecule has 0 spiro atoms. The van der Waals surface area contributed by atoms with Gasteiger partial charge >= 0.3 is 0 Å². The van der Waals surface area contributed by atoms with Crippen LogP contribution in [0.2, 0.25) is 0 Å². The summed E-state index contributed by atoms with van der Waals surface area (Å²) in [6.45, 7) is 0.555. The van der Waals surface area contributed by atoms with Gasteiger partial charge in [0.15, 0.2) is 0 Å². The Bertz CT molecular complexity index is 558. The van der Waals surface area contributed by atoms with Gasteiger partial charge in [0.25, 0.3) is 15.6 Å². The van der Waals surface area contributed by atoms with Crippen molar-refractivity contribution in [3.63, 3.8) is 0 Å². The van der Waals surface area contributed by atoms with Gasteiger partial charge in [0.1, 0.15) is 12.7 Å².